The Morgan fingerprint density at radius 3 is 2.76 bits per heavy atom. The predicted octanol–water partition coefficient (Wildman–Crippen LogP) is 1.84. The molecule has 1 aromatic heterocycles. The predicted molar refractivity (Wildman–Crippen MR) is 73.7 cm³/mol. The van der Waals surface area contributed by atoms with Crippen molar-refractivity contribution in [2.75, 3.05) is 13.2 Å². The summed E-state index contributed by atoms with van der Waals surface area (Å²) in [6.07, 6.45) is 1.44. The van der Waals surface area contributed by atoms with Crippen molar-refractivity contribution in [1.82, 2.24) is 5.32 Å². The molecular weight excluding hydrogens is 277 g/mol. The van der Waals surface area contributed by atoms with Gasteiger partial charge in [0.1, 0.15) is 5.82 Å². The molecule has 1 aliphatic rings. The van der Waals surface area contributed by atoms with Gasteiger partial charge >= 0.3 is 5.63 Å². The van der Waals surface area contributed by atoms with Crippen molar-refractivity contribution in [3.05, 3.63) is 46.3 Å². The highest BCUT2D eigenvalue weighted by Crippen LogP contribution is 2.15. The van der Waals surface area contributed by atoms with Gasteiger partial charge < -0.3 is 14.5 Å². The van der Waals surface area contributed by atoms with E-state index in [1.54, 1.807) is 0 Å². The van der Waals surface area contributed by atoms with Crippen molar-refractivity contribution in [3.8, 4) is 0 Å². The van der Waals surface area contributed by atoms with Crippen LogP contribution in [0.2, 0.25) is 0 Å². The van der Waals surface area contributed by atoms with E-state index in [0.717, 1.165) is 12.8 Å². The zero-order valence-corrected chi connectivity index (χ0v) is 11.2. The van der Waals surface area contributed by atoms with Gasteiger partial charge in [0.25, 0.3) is 5.91 Å². The normalized spacial score (nSPS) is 16.0. The molecule has 0 radical (unpaired) electrons. The second kappa shape index (κ2) is 5.65. The molecule has 2 heterocycles. The van der Waals surface area contributed by atoms with Crippen molar-refractivity contribution in [3.63, 3.8) is 0 Å². The first-order valence-electron chi connectivity index (χ1n) is 6.75. The molecule has 1 saturated heterocycles. The maximum atomic E-state index is 13.2. The molecule has 0 atom stereocenters. The lowest BCUT2D eigenvalue weighted by Gasteiger charge is -2.22. The number of fused-ring (bicyclic) bond motifs is 1. The van der Waals surface area contributed by atoms with E-state index in [9.17, 15) is 14.0 Å². The molecule has 2 aromatic rings. The Morgan fingerprint density at radius 1 is 1.24 bits per heavy atom. The van der Waals surface area contributed by atoms with E-state index in [4.69, 9.17) is 9.15 Å². The highest BCUT2D eigenvalue weighted by atomic mass is 19.1. The smallest absolute Gasteiger partial charge is 0.344 e. The van der Waals surface area contributed by atoms with Crippen molar-refractivity contribution >= 4 is 16.7 Å². The van der Waals surface area contributed by atoms with Crippen molar-refractivity contribution < 1.29 is 18.3 Å². The quantitative estimate of drug-likeness (QED) is 0.916. The van der Waals surface area contributed by atoms with Gasteiger partial charge in [0.05, 0.1) is 5.39 Å². The molecule has 1 fully saturated rings. The number of rotatable bonds is 2. The summed E-state index contributed by atoms with van der Waals surface area (Å²) in [4.78, 5) is 23.9. The second-order valence-electron chi connectivity index (χ2n) is 4.99. The van der Waals surface area contributed by atoms with Crippen LogP contribution in [-0.4, -0.2) is 25.2 Å². The molecule has 110 valence electrons. The van der Waals surface area contributed by atoms with Crippen molar-refractivity contribution in [1.29, 1.82) is 0 Å². The molecule has 21 heavy (non-hydrogen) atoms. The Hall–Kier alpha value is -2.21. The summed E-state index contributed by atoms with van der Waals surface area (Å²) in [5.41, 5.74) is -0.648. The lowest BCUT2D eigenvalue weighted by atomic mass is 10.1. The van der Waals surface area contributed by atoms with Crippen LogP contribution in [0, 0.1) is 5.82 Å². The van der Waals surface area contributed by atoms with Gasteiger partial charge in [-0.2, -0.15) is 0 Å². The van der Waals surface area contributed by atoms with Gasteiger partial charge in [-0.1, -0.05) is 0 Å². The van der Waals surface area contributed by atoms with Gasteiger partial charge in [0.2, 0.25) is 0 Å². The Bertz CT molecular complexity index is 734. The lowest BCUT2D eigenvalue weighted by molar-refractivity contribution is 0.0681. The third-order valence-corrected chi connectivity index (χ3v) is 3.50. The number of ether oxygens (including phenoxy) is 1. The fourth-order valence-electron chi connectivity index (χ4n) is 2.37. The summed E-state index contributed by atoms with van der Waals surface area (Å²) >= 11 is 0. The van der Waals surface area contributed by atoms with Crippen LogP contribution in [-0.2, 0) is 4.74 Å². The summed E-state index contributed by atoms with van der Waals surface area (Å²) < 4.78 is 23.4. The van der Waals surface area contributed by atoms with E-state index in [2.05, 4.69) is 5.32 Å². The molecule has 0 aliphatic carbocycles. The first-order valence-corrected chi connectivity index (χ1v) is 6.75. The number of carbonyl (C=O) groups is 1. The third kappa shape index (κ3) is 2.95. The molecule has 1 amide bonds. The van der Waals surface area contributed by atoms with Gasteiger partial charge in [0.15, 0.2) is 5.76 Å². The monoisotopic (exact) mass is 291 g/mol. The van der Waals surface area contributed by atoms with Crippen LogP contribution in [0.15, 0.2) is 33.5 Å². The molecular formula is C15H14FNO4. The van der Waals surface area contributed by atoms with Crippen LogP contribution in [0.4, 0.5) is 4.39 Å². The number of amides is 1. The number of halogens is 1. The average Bonchev–Trinajstić information content (AvgIpc) is 2.47. The molecule has 1 aromatic carbocycles. The summed E-state index contributed by atoms with van der Waals surface area (Å²) in [5, 5.41) is 3.40. The largest absolute Gasteiger partial charge is 0.417 e. The lowest BCUT2D eigenvalue weighted by Crippen LogP contribution is -2.39. The van der Waals surface area contributed by atoms with Crippen molar-refractivity contribution in [2.24, 2.45) is 0 Å². The van der Waals surface area contributed by atoms with Gasteiger partial charge in [-0.25, -0.2) is 9.18 Å². The zero-order chi connectivity index (χ0) is 14.8. The maximum Gasteiger partial charge on any atom is 0.344 e. The Balaban J connectivity index is 1.89. The fraction of sp³-hybridized carbons (Fsp3) is 0.333. The van der Waals surface area contributed by atoms with Crippen LogP contribution in [0.1, 0.15) is 23.4 Å². The second-order valence-corrected chi connectivity index (χ2v) is 4.99. The topological polar surface area (TPSA) is 68.5 Å². The zero-order valence-electron chi connectivity index (χ0n) is 11.2. The number of hydrogen-bond acceptors (Lipinski definition) is 4. The number of benzene rings is 1. The van der Waals surface area contributed by atoms with Crippen LogP contribution in [0.25, 0.3) is 10.8 Å². The van der Waals surface area contributed by atoms with Crippen LogP contribution in [0.3, 0.4) is 0 Å². The maximum absolute atomic E-state index is 13.2. The van der Waals surface area contributed by atoms with Gasteiger partial charge in [-0.3, -0.25) is 4.79 Å². The molecule has 0 saturated carbocycles. The molecule has 0 unspecified atom stereocenters. The van der Waals surface area contributed by atoms with Crippen LogP contribution in [0.5, 0.6) is 0 Å². The average molecular weight is 291 g/mol. The minimum Gasteiger partial charge on any atom is -0.417 e. The molecule has 0 spiro atoms. The molecule has 5 nitrogen and oxygen atoms in total. The highest BCUT2D eigenvalue weighted by molar-refractivity contribution is 5.95. The minimum absolute atomic E-state index is 0.000224. The Morgan fingerprint density at radius 2 is 2.00 bits per heavy atom. The van der Waals surface area contributed by atoms with Crippen LogP contribution >= 0.6 is 0 Å². The van der Waals surface area contributed by atoms with E-state index in [1.165, 1.54) is 24.3 Å². The SMILES string of the molecule is O=C(NC1CCOCC1)c1cc2cc(F)ccc2c(=O)o1. The molecule has 0 bridgehead atoms. The van der Waals surface area contributed by atoms with E-state index < -0.39 is 17.3 Å². The fourth-order valence-corrected chi connectivity index (χ4v) is 2.37. The summed E-state index contributed by atoms with van der Waals surface area (Å²) in [5.74, 6) is -1.04. The van der Waals surface area contributed by atoms with Crippen LogP contribution < -0.4 is 10.9 Å². The summed E-state index contributed by atoms with van der Waals surface area (Å²) in [6, 6.07) is 5.11. The van der Waals surface area contributed by atoms with Gasteiger partial charge in [-0.05, 0) is 42.5 Å². The molecule has 1 aliphatic heterocycles. The number of nitrogens with one attached hydrogen (secondary N) is 1. The first-order chi connectivity index (χ1) is 10.1. The minimum atomic E-state index is -0.648. The van der Waals surface area contributed by atoms with Gasteiger partial charge in [-0.15, -0.1) is 0 Å². The van der Waals surface area contributed by atoms with E-state index in [1.807, 2.05) is 0 Å². The van der Waals surface area contributed by atoms with E-state index >= 15 is 0 Å². The standard InChI is InChI=1S/C15H14FNO4/c16-10-1-2-12-9(7-10)8-13(21-15(12)19)14(18)17-11-3-5-20-6-4-11/h1-2,7-8,11H,3-6H2,(H,17,18). The number of carbonyl (C=O) groups excluding carboxylic acids is 1. The third-order valence-electron chi connectivity index (χ3n) is 3.50. The summed E-state index contributed by atoms with van der Waals surface area (Å²) in [6.45, 7) is 1.19. The van der Waals surface area contributed by atoms with Crippen molar-refractivity contribution in [2.45, 2.75) is 18.9 Å². The summed E-state index contributed by atoms with van der Waals surface area (Å²) in [7, 11) is 0. The Labute approximate surface area is 119 Å². The highest BCUT2D eigenvalue weighted by Gasteiger charge is 2.19. The number of hydrogen-bond donors (Lipinski definition) is 1. The first kappa shape index (κ1) is 13.8. The molecule has 1 N–H and O–H groups in total. The molecule has 6 heteroatoms. The van der Waals surface area contributed by atoms with E-state index in [0.29, 0.717) is 18.6 Å². The Kier molecular flexibility index (Phi) is 3.70. The van der Waals surface area contributed by atoms with E-state index in [-0.39, 0.29) is 17.2 Å². The van der Waals surface area contributed by atoms with Gasteiger partial charge in [0, 0.05) is 19.3 Å². The molecule has 3 rings (SSSR count).